The van der Waals surface area contributed by atoms with E-state index in [1.807, 2.05) is 0 Å². The Morgan fingerprint density at radius 2 is 2.08 bits per heavy atom. The van der Waals surface area contributed by atoms with Gasteiger partial charge in [0.05, 0.1) is 6.10 Å². The van der Waals surface area contributed by atoms with E-state index in [0.29, 0.717) is 6.42 Å². The molecule has 3 heteroatoms. The summed E-state index contributed by atoms with van der Waals surface area (Å²) in [7, 11) is 0. The lowest BCUT2D eigenvalue weighted by atomic mass is 10.1. The second kappa shape index (κ2) is 4.80. The van der Waals surface area contributed by atoms with Gasteiger partial charge in [0, 0.05) is 6.42 Å². The number of unbranched alkanes of at least 4 members (excludes halogenated alkanes) is 2. The zero-order chi connectivity index (χ0) is 8.97. The summed E-state index contributed by atoms with van der Waals surface area (Å²) in [5.74, 6) is 0. The van der Waals surface area contributed by atoms with Crippen LogP contribution in [0, 0.1) is 0 Å². The van der Waals surface area contributed by atoms with Gasteiger partial charge in [0.15, 0.2) is 6.29 Å². The lowest BCUT2D eigenvalue weighted by Gasteiger charge is -2.08. The van der Waals surface area contributed by atoms with E-state index in [-0.39, 0.29) is 6.10 Å². The highest BCUT2D eigenvalue weighted by Gasteiger charge is 2.31. The SMILES string of the molecule is CCCCC[C@@H]1C[C@@H](O)C(O)O1. The number of rotatable bonds is 4. The van der Waals surface area contributed by atoms with Gasteiger partial charge in [-0.05, 0) is 6.42 Å². The first-order valence-corrected chi connectivity index (χ1v) is 4.75. The molecule has 3 atom stereocenters. The molecule has 1 saturated heterocycles. The summed E-state index contributed by atoms with van der Waals surface area (Å²) < 4.78 is 5.13. The highest BCUT2D eigenvalue weighted by Crippen LogP contribution is 2.22. The fourth-order valence-electron chi connectivity index (χ4n) is 1.54. The molecule has 1 aliphatic rings. The third kappa shape index (κ3) is 2.73. The Kier molecular flexibility index (Phi) is 3.98. The summed E-state index contributed by atoms with van der Waals surface area (Å²) in [5, 5.41) is 18.2. The Hall–Kier alpha value is -0.120. The van der Waals surface area contributed by atoms with Gasteiger partial charge in [0.2, 0.25) is 0 Å². The summed E-state index contributed by atoms with van der Waals surface area (Å²) in [4.78, 5) is 0. The molecular formula is C9H18O3. The predicted molar refractivity (Wildman–Crippen MR) is 45.6 cm³/mol. The smallest absolute Gasteiger partial charge is 0.181 e. The molecule has 0 bridgehead atoms. The van der Waals surface area contributed by atoms with Crippen molar-refractivity contribution in [3.63, 3.8) is 0 Å². The van der Waals surface area contributed by atoms with Crippen molar-refractivity contribution in [2.45, 2.75) is 57.5 Å². The highest BCUT2D eigenvalue weighted by atomic mass is 16.6. The van der Waals surface area contributed by atoms with Gasteiger partial charge >= 0.3 is 0 Å². The van der Waals surface area contributed by atoms with Gasteiger partial charge in [-0.25, -0.2) is 0 Å². The summed E-state index contributed by atoms with van der Waals surface area (Å²) in [6.45, 7) is 2.15. The van der Waals surface area contributed by atoms with E-state index in [9.17, 15) is 0 Å². The largest absolute Gasteiger partial charge is 0.388 e. The number of hydrogen-bond donors (Lipinski definition) is 2. The van der Waals surface area contributed by atoms with E-state index in [1.165, 1.54) is 12.8 Å². The Labute approximate surface area is 73.4 Å². The van der Waals surface area contributed by atoms with Gasteiger partial charge < -0.3 is 14.9 Å². The highest BCUT2D eigenvalue weighted by molar-refractivity contribution is 4.75. The van der Waals surface area contributed by atoms with Crippen LogP contribution < -0.4 is 0 Å². The first-order chi connectivity index (χ1) is 5.74. The van der Waals surface area contributed by atoms with E-state index >= 15 is 0 Å². The molecule has 0 spiro atoms. The molecule has 72 valence electrons. The molecule has 0 aromatic carbocycles. The van der Waals surface area contributed by atoms with E-state index in [1.54, 1.807) is 0 Å². The van der Waals surface area contributed by atoms with Gasteiger partial charge in [-0.15, -0.1) is 0 Å². The molecule has 0 radical (unpaired) electrons. The normalized spacial score (nSPS) is 35.8. The number of ether oxygens (including phenoxy) is 1. The van der Waals surface area contributed by atoms with Crippen molar-refractivity contribution in [1.82, 2.24) is 0 Å². The van der Waals surface area contributed by atoms with Crippen molar-refractivity contribution in [2.24, 2.45) is 0 Å². The number of hydrogen-bond acceptors (Lipinski definition) is 3. The summed E-state index contributed by atoms with van der Waals surface area (Å²) in [6, 6.07) is 0. The van der Waals surface area contributed by atoms with Crippen LogP contribution in [0.25, 0.3) is 0 Å². The van der Waals surface area contributed by atoms with Crippen molar-refractivity contribution < 1.29 is 14.9 Å². The second-order valence-electron chi connectivity index (χ2n) is 3.45. The van der Waals surface area contributed by atoms with Crippen LogP contribution in [0.5, 0.6) is 0 Å². The molecule has 1 aliphatic heterocycles. The van der Waals surface area contributed by atoms with Crippen LogP contribution in [0.3, 0.4) is 0 Å². The van der Waals surface area contributed by atoms with Crippen LogP contribution in [0.15, 0.2) is 0 Å². The molecule has 0 amide bonds. The maximum absolute atomic E-state index is 9.15. The van der Waals surface area contributed by atoms with Crippen molar-refractivity contribution >= 4 is 0 Å². The molecular weight excluding hydrogens is 156 g/mol. The van der Waals surface area contributed by atoms with Crippen molar-refractivity contribution in [2.75, 3.05) is 0 Å². The quantitative estimate of drug-likeness (QED) is 0.626. The maximum atomic E-state index is 9.15. The molecule has 1 rings (SSSR count). The van der Waals surface area contributed by atoms with Crippen LogP contribution in [-0.4, -0.2) is 28.7 Å². The zero-order valence-electron chi connectivity index (χ0n) is 7.57. The minimum absolute atomic E-state index is 0.0709. The first kappa shape index (κ1) is 9.96. The van der Waals surface area contributed by atoms with Crippen molar-refractivity contribution in [3.05, 3.63) is 0 Å². The van der Waals surface area contributed by atoms with Crippen LogP contribution in [0.1, 0.15) is 39.0 Å². The Morgan fingerprint density at radius 1 is 1.33 bits per heavy atom. The third-order valence-electron chi connectivity index (χ3n) is 2.30. The Bertz CT molecular complexity index is 117. The van der Waals surface area contributed by atoms with E-state index < -0.39 is 12.4 Å². The molecule has 1 unspecified atom stereocenters. The van der Waals surface area contributed by atoms with Gasteiger partial charge in [-0.2, -0.15) is 0 Å². The fourth-order valence-corrected chi connectivity index (χ4v) is 1.54. The second-order valence-corrected chi connectivity index (χ2v) is 3.45. The molecule has 1 fully saturated rings. The third-order valence-corrected chi connectivity index (χ3v) is 2.30. The molecule has 0 aromatic heterocycles. The van der Waals surface area contributed by atoms with Crippen LogP contribution >= 0.6 is 0 Å². The Balaban J connectivity index is 2.10. The van der Waals surface area contributed by atoms with Crippen LogP contribution in [-0.2, 0) is 4.74 Å². The minimum Gasteiger partial charge on any atom is -0.388 e. The topological polar surface area (TPSA) is 49.7 Å². The van der Waals surface area contributed by atoms with Gasteiger partial charge in [-0.3, -0.25) is 0 Å². The summed E-state index contributed by atoms with van der Waals surface area (Å²) in [6.07, 6.45) is 3.52. The van der Waals surface area contributed by atoms with E-state index in [0.717, 1.165) is 12.8 Å². The fraction of sp³-hybridized carbons (Fsp3) is 1.00. The molecule has 3 nitrogen and oxygen atoms in total. The summed E-state index contributed by atoms with van der Waals surface area (Å²) >= 11 is 0. The summed E-state index contributed by atoms with van der Waals surface area (Å²) in [5.41, 5.74) is 0. The predicted octanol–water partition coefficient (Wildman–Crippen LogP) is 1.03. The lowest BCUT2D eigenvalue weighted by Crippen LogP contribution is -2.19. The van der Waals surface area contributed by atoms with Crippen molar-refractivity contribution in [1.29, 1.82) is 0 Å². The van der Waals surface area contributed by atoms with Crippen LogP contribution in [0.2, 0.25) is 0 Å². The number of aliphatic hydroxyl groups excluding tert-OH is 2. The maximum Gasteiger partial charge on any atom is 0.181 e. The zero-order valence-corrected chi connectivity index (χ0v) is 7.57. The standard InChI is InChI=1S/C9H18O3/c1-2-3-4-5-7-6-8(10)9(11)12-7/h7-11H,2-6H2,1H3/t7-,8-,9?/m1/s1. The van der Waals surface area contributed by atoms with E-state index in [2.05, 4.69) is 6.92 Å². The molecule has 0 aliphatic carbocycles. The molecule has 2 N–H and O–H groups in total. The molecule has 0 aromatic rings. The molecule has 12 heavy (non-hydrogen) atoms. The first-order valence-electron chi connectivity index (χ1n) is 4.75. The lowest BCUT2D eigenvalue weighted by molar-refractivity contribution is -0.127. The van der Waals surface area contributed by atoms with Gasteiger partial charge in [0.25, 0.3) is 0 Å². The monoisotopic (exact) mass is 174 g/mol. The van der Waals surface area contributed by atoms with Crippen molar-refractivity contribution in [3.8, 4) is 0 Å². The average Bonchev–Trinajstić information content (AvgIpc) is 2.32. The van der Waals surface area contributed by atoms with Gasteiger partial charge in [0.1, 0.15) is 6.10 Å². The van der Waals surface area contributed by atoms with Gasteiger partial charge in [-0.1, -0.05) is 26.2 Å². The number of aliphatic hydroxyl groups is 2. The minimum atomic E-state index is -0.948. The molecule has 1 heterocycles. The van der Waals surface area contributed by atoms with E-state index in [4.69, 9.17) is 14.9 Å². The average molecular weight is 174 g/mol. The van der Waals surface area contributed by atoms with Crippen LogP contribution in [0.4, 0.5) is 0 Å². The molecule has 0 saturated carbocycles. The Morgan fingerprint density at radius 3 is 2.58 bits per heavy atom.